The van der Waals surface area contributed by atoms with Crippen molar-refractivity contribution < 1.29 is 17.4 Å². The maximum absolute atomic E-state index is 14.9. The largest absolute Gasteiger partial charge is 0.312 e. The van der Waals surface area contributed by atoms with E-state index in [9.17, 15) is 17.4 Å². The Kier molecular flexibility index (Phi) is 6.38. The van der Waals surface area contributed by atoms with Gasteiger partial charge in [-0.1, -0.05) is 91.0 Å². The van der Waals surface area contributed by atoms with Gasteiger partial charge in [0.15, 0.2) is 7.14 Å². The number of benzene rings is 4. The number of nitrogens with one attached hydrogen (secondary N) is 1. The molecule has 7 heteroatoms. The fraction of sp³-hybridized carbons (Fsp3) is 0.0400. The lowest BCUT2D eigenvalue weighted by Gasteiger charge is -2.30. The molecule has 32 heavy (non-hydrogen) atoms. The van der Waals surface area contributed by atoms with E-state index in [-0.39, 0.29) is 4.90 Å². The number of sulfonamides is 1. The van der Waals surface area contributed by atoms with E-state index in [2.05, 4.69) is 4.72 Å². The molecule has 0 aliphatic carbocycles. The zero-order valence-corrected chi connectivity index (χ0v) is 18.7. The Morgan fingerprint density at radius 3 is 1.56 bits per heavy atom. The Morgan fingerprint density at radius 2 is 1.09 bits per heavy atom. The predicted molar refractivity (Wildman–Crippen MR) is 126 cm³/mol. The average Bonchev–Trinajstić information content (AvgIpc) is 2.84. The molecule has 1 N–H and O–H groups in total. The Labute approximate surface area is 187 Å². The van der Waals surface area contributed by atoms with Crippen LogP contribution in [0.3, 0.4) is 0 Å². The first-order chi connectivity index (χ1) is 15.4. The molecule has 0 aliphatic rings. The molecule has 0 saturated heterocycles. The molecular formula is C25H21FNO3PS. The van der Waals surface area contributed by atoms with E-state index >= 15 is 0 Å². The van der Waals surface area contributed by atoms with Crippen LogP contribution in [0, 0.1) is 5.82 Å². The van der Waals surface area contributed by atoms with Crippen LogP contribution in [0.2, 0.25) is 0 Å². The standard InChI is InChI=1S/C25H21FNO3PS/c26-21-18-16-20(17-19-21)25(27-32(29,30)24-14-8-3-9-15-24)31(28,22-10-4-1-5-11-22)23-12-6-2-7-13-23/h1-19,25,27H. The molecule has 1 atom stereocenters. The molecule has 4 aromatic rings. The molecule has 0 saturated carbocycles. The van der Waals surface area contributed by atoms with Crippen LogP contribution in [-0.4, -0.2) is 8.42 Å². The molecule has 0 spiro atoms. The van der Waals surface area contributed by atoms with Crippen molar-refractivity contribution in [3.8, 4) is 0 Å². The van der Waals surface area contributed by atoms with Gasteiger partial charge in [-0.2, -0.15) is 4.72 Å². The third-order valence-corrected chi connectivity index (χ3v) is 10.0. The minimum Gasteiger partial charge on any atom is -0.312 e. The molecule has 4 aromatic carbocycles. The molecule has 0 aromatic heterocycles. The zero-order chi connectivity index (χ0) is 22.6. The molecule has 0 fully saturated rings. The lowest BCUT2D eigenvalue weighted by atomic mass is 10.2. The lowest BCUT2D eigenvalue weighted by Crippen LogP contribution is -2.34. The van der Waals surface area contributed by atoms with E-state index in [1.807, 2.05) is 0 Å². The molecule has 4 nitrogen and oxygen atoms in total. The van der Waals surface area contributed by atoms with Gasteiger partial charge in [0.05, 0.1) is 4.90 Å². The summed E-state index contributed by atoms with van der Waals surface area (Å²) >= 11 is 0. The summed E-state index contributed by atoms with van der Waals surface area (Å²) in [7, 11) is -7.63. The van der Waals surface area contributed by atoms with Gasteiger partial charge in [-0.05, 0) is 29.8 Å². The van der Waals surface area contributed by atoms with Crippen molar-refractivity contribution in [3.05, 3.63) is 127 Å². The first kappa shape index (κ1) is 22.2. The molecule has 1 unspecified atom stereocenters. The highest BCUT2D eigenvalue weighted by Gasteiger charge is 2.40. The van der Waals surface area contributed by atoms with Crippen LogP contribution in [0.25, 0.3) is 0 Å². The Bertz CT molecular complexity index is 1290. The molecular weight excluding hydrogens is 444 g/mol. The third kappa shape index (κ3) is 4.44. The van der Waals surface area contributed by atoms with E-state index < -0.39 is 28.8 Å². The molecule has 0 bridgehead atoms. The summed E-state index contributed by atoms with van der Waals surface area (Å²) in [5.41, 5.74) is 0.405. The van der Waals surface area contributed by atoms with Crippen LogP contribution in [0.4, 0.5) is 4.39 Å². The van der Waals surface area contributed by atoms with E-state index in [0.717, 1.165) is 0 Å². The lowest BCUT2D eigenvalue weighted by molar-refractivity contribution is 0.560. The number of halogens is 1. The SMILES string of the molecule is O=P(c1ccccc1)(c1ccccc1)C(NS(=O)(=O)c1ccccc1)c1ccc(F)cc1. The monoisotopic (exact) mass is 465 g/mol. The summed E-state index contributed by atoms with van der Waals surface area (Å²) in [4.78, 5) is 0.0554. The maximum Gasteiger partial charge on any atom is 0.241 e. The number of rotatable bonds is 7. The Hall–Kier alpha value is -3.05. The first-order valence-corrected chi connectivity index (χ1v) is 13.2. The van der Waals surface area contributed by atoms with Gasteiger partial charge >= 0.3 is 0 Å². The van der Waals surface area contributed by atoms with Crippen LogP contribution < -0.4 is 15.3 Å². The summed E-state index contributed by atoms with van der Waals surface area (Å²) in [5.74, 6) is -1.61. The van der Waals surface area contributed by atoms with Crippen LogP contribution in [-0.2, 0) is 14.6 Å². The summed E-state index contributed by atoms with van der Waals surface area (Å²) in [5, 5.41) is 0.993. The highest BCUT2D eigenvalue weighted by atomic mass is 32.2. The normalized spacial score (nSPS) is 12.9. The van der Waals surface area contributed by atoms with Crippen LogP contribution in [0.15, 0.2) is 120 Å². The van der Waals surface area contributed by atoms with E-state index in [1.165, 1.54) is 36.4 Å². The zero-order valence-electron chi connectivity index (χ0n) is 17.0. The number of hydrogen-bond donors (Lipinski definition) is 1. The van der Waals surface area contributed by atoms with Gasteiger partial charge in [-0.3, -0.25) is 0 Å². The second kappa shape index (κ2) is 9.21. The highest BCUT2D eigenvalue weighted by molar-refractivity contribution is 7.90. The summed E-state index contributed by atoms with van der Waals surface area (Å²) in [6.45, 7) is 0. The highest BCUT2D eigenvalue weighted by Crippen LogP contribution is 2.56. The molecule has 162 valence electrons. The van der Waals surface area contributed by atoms with E-state index in [1.54, 1.807) is 78.9 Å². The minimum atomic E-state index is -4.03. The molecule has 4 rings (SSSR count). The van der Waals surface area contributed by atoms with Crippen LogP contribution in [0.5, 0.6) is 0 Å². The van der Waals surface area contributed by atoms with Gasteiger partial charge in [-0.25, -0.2) is 12.8 Å². The second-order valence-electron chi connectivity index (χ2n) is 7.22. The van der Waals surface area contributed by atoms with Gasteiger partial charge in [0, 0.05) is 10.6 Å². The third-order valence-electron chi connectivity index (χ3n) is 5.15. The summed E-state index contributed by atoms with van der Waals surface area (Å²) < 4.78 is 57.8. The van der Waals surface area contributed by atoms with E-state index in [4.69, 9.17) is 0 Å². The quantitative estimate of drug-likeness (QED) is 0.398. The van der Waals surface area contributed by atoms with Gasteiger partial charge in [0.1, 0.15) is 11.6 Å². The van der Waals surface area contributed by atoms with Crippen molar-refractivity contribution in [1.82, 2.24) is 4.72 Å². The van der Waals surface area contributed by atoms with Crippen molar-refractivity contribution in [2.24, 2.45) is 0 Å². The Morgan fingerprint density at radius 1 is 0.656 bits per heavy atom. The Balaban J connectivity index is 1.94. The second-order valence-corrected chi connectivity index (χ2v) is 11.8. The summed E-state index contributed by atoms with van der Waals surface area (Å²) in [6, 6.07) is 30.9. The summed E-state index contributed by atoms with van der Waals surface area (Å²) in [6.07, 6.45) is 0. The van der Waals surface area contributed by atoms with Gasteiger partial charge < -0.3 is 4.57 Å². The predicted octanol–water partition coefficient (Wildman–Crippen LogP) is 4.82. The molecule has 0 heterocycles. The maximum atomic E-state index is 14.9. The van der Waals surface area contributed by atoms with Gasteiger partial charge in [0.25, 0.3) is 0 Å². The smallest absolute Gasteiger partial charge is 0.241 e. The molecule has 0 amide bonds. The molecule has 0 radical (unpaired) electrons. The van der Waals surface area contributed by atoms with Gasteiger partial charge in [0.2, 0.25) is 10.0 Å². The number of hydrogen-bond acceptors (Lipinski definition) is 3. The van der Waals surface area contributed by atoms with Crippen molar-refractivity contribution in [1.29, 1.82) is 0 Å². The fourth-order valence-electron chi connectivity index (χ4n) is 3.56. The minimum absolute atomic E-state index is 0.0554. The van der Waals surface area contributed by atoms with Crippen molar-refractivity contribution >= 4 is 27.8 Å². The van der Waals surface area contributed by atoms with Crippen molar-refractivity contribution in [3.63, 3.8) is 0 Å². The molecule has 0 aliphatic heterocycles. The van der Waals surface area contributed by atoms with Crippen molar-refractivity contribution in [2.75, 3.05) is 0 Å². The van der Waals surface area contributed by atoms with Crippen LogP contribution >= 0.6 is 7.14 Å². The van der Waals surface area contributed by atoms with Crippen LogP contribution in [0.1, 0.15) is 11.3 Å². The fourth-order valence-corrected chi connectivity index (χ4v) is 8.37. The van der Waals surface area contributed by atoms with E-state index in [0.29, 0.717) is 16.2 Å². The average molecular weight is 465 g/mol. The van der Waals surface area contributed by atoms with Gasteiger partial charge in [-0.15, -0.1) is 0 Å². The first-order valence-electron chi connectivity index (χ1n) is 9.95. The topological polar surface area (TPSA) is 63.2 Å². The van der Waals surface area contributed by atoms with Crippen molar-refractivity contribution in [2.45, 2.75) is 10.7 Å².